The quantitative estimate of drug-likeness (QED) is 0.901. The second-order valence-electron chi connectivity index (χ2n) is 4.74. The maximum atomic E-state index is 11.4. The van der Waals surface area contributed by atoms with Gasteiger partial charge in [0, 0.05) is 49.4 Å². The molecular weight excluding hydrogens is 264 g/mol. The number of carbonyl (C=O) groups is 1. The molecule has 0 aliphatic carbocycles. The maximum Gasteiger partial charge on any atom is 0.219 e. The molecule has 0 spiro atoms. The summed E-state index contributed by atoms with van der Waals surface area (Å²) in [6, 6.07) is 5.65. The highest BCUT2D eigenvalue weighted by Crippen LogP contribution is 2.28. The zero-order valence-electron chi connectivity index (χ0n) is 11.1. The van der Waals surface area contributed by atoms with Crippen LogP contribution in [0.25, 0.3) is 0 Å². The molecule has 0 aromatic heterocycles. The van der Waals surface area contributed by atoms with Gasteiger partial charge in [-0.1, -0.05) is 17.7 Å². The monoisotopic (exact) mass is 282 g/mol. The van der Waals surface area contributed by atoms with Crippen molar-refractivity contribution in [1.29, 1.82) is 0 Å². The van der Waals surface area contributed by atoms with Gasteiger partial charge in [0.15, 0.2) is 0 Å². The van der Waals surface area contributed by atoms with Gasteiger partial charge in [-0.3, -0.25) is 4.79 Å². The standard InChI is InChI=1S/C14H19ClN2O2/c1-11(19)16-6-3-7-17(9-8-16)14-5-2-4-13(15)12(14)10-18/h2,4-5,18H,3,6-10H2,1H3. The Morgan fingerprint density at radius 2 is 2.11 bits per heavy atom. The zero-order chi connectivity index (χ0) is 13.8. The van der Waals surface area contributed by atoms with Crippen LogP contribution in [0.4, 0.5) is 5.69 Å². The summed E-state index contributed by atoms with van der Waals surface area (Å²) in [6.45, 7) is 4.69. The normalized spacial score (nSPS) is 16.4. The van der Waals surface area contributed by atoms with E-state index in [1.165, 1.54) is 0 Å². The third-order valence-electron chi connectivity index (χ3n) is 3.53. The second kappa shape index (κ2) is 6.26. The molecule has 0 radical (unpaired) electrons. The van der Waals surface area contributed by atoms with E-state index in [0.717, 1.165) is 37.3 Å². The number of halogens is 1. The summed E-state index contributed by atoms with van der Waals surface area (Å²) in [6.07, 6.45) is 0.928. The van der Waals surface area contributed by atoms with Gasteiger partial charge in [0.25, 0.3) is 0 Å². The van der Waals surface area contributed by atoms with E-state index in [2.05, 4.69) is 4.90 Å². The van der Waals surface area contributed by atoms with Gasteiger partial charge >= 0.3 is 0 Å². The van der Waals surface area contributed by atoms with Crippen molar-refractivity contribution in [2.45, 2.75) is 20.0 Å². The van der Waals surface area contributed by atoms with Crippen molar-refractivity contribution < 1.29 is 9.90 Å². The Labute approximate surface area is 118 Å². The van der Waals surface area contributed by atoms with E-state index in [0.29, 0.717) is 11.6 Å². The number of hydrogen-bond donors (Lipinski definition) is 1. The summed E-state index contributed by atoms with van der Waals surface area (Å²) < 4.78 is 0. The molecule has 0 bridgehead atoms. The third-order valence-corrected chi connectivity index (χ3v) is 3.89. The predicted octanol–water partition coefficient (Wildman–Crippen LogP) is 1.89. The van der Waals surface area contributed by atoms with Crippen molar-refractivity contribution >= 4 is 23.2 Å². The summed E-state index contributed by atoms with van der Waals surface area (Å²) in [5.41, 5.74) is 1.74. The first-order chi connectivity index (χ1) is 9.13. The minimum atomic E-state index is -0.0675. The van der Waals surface area contributed by atoms with Gasteiger partial charge in [-0.25, -0.2) is 0 Å². The fourth-order valence-corrected chi connectivity index (χ4v) is 2.70. The Morgan fingerprint density at radius 1 is 1.32 bits per heavy atom. The van der Waals surface area contributed by atoms with Crippen molar-refractivity contribution in [3.05, 3.63) is 28.8 Å². The van der Waals surface area contributed by atoms with Gasteiger partial charge in [-0.05, 0) is 18.6 Å². The molecule has 1 N–H and O–H groups in total. The first kappa shape index (κ1) is 14.2. The molecule has 1 heterocycles. The number of rotatable bonds is 2. The topological polar surface area (TPSA) is 43.8 Å². The van der Waals surface area contributed by atoms with Crippen molar-refractivity contribution in [3.63, 3.8) is 0 Å². The molecule has 4 nitrogen and oxygen atoms in total. The van der Waals surface area contributed by atoms with Crippen LogP contribution in [0.15, 0.2) is 18.2 Å². The molecule has 1 aliphatic rings. The molecule has 19 heavy (non-hydrogen) atoms. The number of hydrogen-bond acceptors (Lipinski definition) is 3. The summed E-state index contributed by atoms with van der Waals surface area (Å²) in [4.78, 5) is 15.5. The highest BCUT2D eigenvalue weighted by atomic mass is 35.5. The Bertz CT molecular complexity index is 465. The Morgan fingerprint density at radius 3 is 2.79 bits per heavy atom. The van der Waals surface area contributed by atoms with Gasteiger partial charge in [0.05, 0.1) is 6.61 Å². The molecule has 1 amide bonds. The summed E-state index contributed by atoms with van der Waals surface area (Å²) in [5.74, 6) is 0.121. The van der Waals surface area contributed by atoms with Crippen LogP contribution in [0.5, 0.6) is 0 Å². The first-order valence-corrected chi connectivity index (χ1v) is 6.90. The minimum absolute atomic E-state index is 0.0675. The van der Waals surface area contributed by atoms with E-state index in [-0.39, 0.29) is 12.5 Å². The van der Waals surface area contributed by atoms with Gasteiger partial charge in [-0.2, -0.15) is 0 Å². The average molecular weight is 283 g/mol. The molecular formula is C14H19ClN2O2. The lowest BCUT2D eigenvalue weighted by molar-refractivity contribution is -0.128. The van der Waals surface area contributed by atoms with E-state index in [1.54, 1.807) is 13.0 Å². The van der Waals surface area contributed by atoms with Crippen molar-refractivity contribution in [1.82, 2.24) is 4.90 Å². The van der Waals surface area contributed by atoms with E-state index >= 15 is 0 Å². The van der Waals surface area contributed by atoms with E-state index in [1.807, 2.05) is 17.0 Å². The van der Waals surface area contributed by atoms with E-state index in [4.69, 9.17) is 11.6 Å². The van der Waals surface area contributed by atoms with Crippen LogP contribution in [0, 0.1) is 0 Å². The summed E-state index contributed by atoms with van der Waals surface area (Å²) in [5, 5.41) is 10.1. The summed E-state index contributed by atoms with van der Waals surface area (Å²) >= 11 is 6.12. The Kier molecular flexibility index (Phi) is 4.66. The van der Waals surface area contributed by atoms with Crippen LogP contribution in [0.2, 0.25) is 5.02 Å². The molecule has 1 aliphatic heterocycles. The molecule has 0 atom stereocenters. The van der Waals surface area contributed by atoms with Crippen LogP contribution in [0.1, 0.15) is 18.9 Å². The second-order valence-corrected chi connectivity index (χ2v) is 5.15. The van der Waals surface area contributed by atoms with Crippen molar-refractivity contribution in [3.8, 4) is 0 Å². The van der Waals surface area contributed by atoms with Gasteiger partial charge in [-0.15, -0.1) is 0 Å². The van der Waals surface area contributed by atoms with Crippen LogP contribution < -0.4 is 4.90 Å². The number of carbonyl (C=O) groups excluding carboxylic acids is 1. The Hall–Kier alpha value is -1.26. The molecule has 1 aromatic rings. The average Bonchev–Trinajstić information content (AvgIpc) is 2.64. The highest BCUT2D eigenvalue weighted by molar-refractivity contribution is 6.31. The number of anilines is 1. The fraction of sp³-hybridized carbons (Fsp3) is 0.500. The van der Waals surface area contributed by atoms with Gasteiger partial charge < -0.3 is 14.9 Å². The third kappa shape index (κ3) is 3.19. The molecule has 2 rings (SSSR count). The largest absolute Gasteiger partial charge is 0.392 e. The SMILES string of the molecule is CC(=O)N1CCCN(c2cccc(Cl)c2CO)CC1. The molecule has 0 saturated carbocycles. The zero-order valence-corrected chi connectivity index (χ0v) is 11.9. The molecule has 1 aromatic carbocycles. The van der Waals surface area contributed by atoms with Crippen LogP contribution in [0.3, 0.4) is 0 Å². The molecule has 1 saturated heterocycles. The lowest BCUT2D eigenvalue weighted by atomic mass is 10.1. The molecule has 1 fully saturated rings. The minimum Gasteiger partial charge on any atom is -0.392 e. The number of nitrogens with zero attached hydrogens (tertiary/aromatic N) is 2. The number of aliphatic hydroxyl groups excluding tert-OH is 1. The smallest absolute Gasteiger partial charge is 0.219 e. The van der Waals surface area contributed by atoms with E-state index in [9.17, 15) is 9.90 Å². The van der Waals surface area contributed by atoms with E-state index < -0.39 is 0 Å². The maximum absolute atomic E-state index is 11.4. The number of aliphatic hydroxyl groups is 1. The van der Waals surface area contributed by atoms with Gasteiger partial charge in [0.1, 0.15) is 0 Å². The highest BCUT2D eigenvalue weighted by Gasteiger charge is 2.19. The molecule has 104 valence electrons. The molecule has 0 unspecified atom stereocenters. The van der Waals surface area contributed by atoms with Crippen LogP contribution in [-0.4, -0.2) is 42.1 Å². The fourth-order valence-electron chi connectivity index (χ4n) is 2.47. The lowest BCUT2D eigenvalue weighted by Crippen LogP contribution is -2.33. The van der Waals surface area contributed by atoms with Crippen LogP contribution in [-0.2, 0) is 11.4 Å². The molecule has 5 heteroatoms. The number of benzene rings is 1. The van der Waals surface area contributed by atoms with Crippen LogP contribution >= 0.6 is 11.6 Å². The Balaban J connectivity index is 2.18. The summed E-state index contributed by atoms with van der Waals surface area (Å²) in [7, 11) is 0. The lowest BCUT2D eigenvalue weighted by Gasteiger charge is -2.25. The van der Waals surface area contributed by atoms with Gasteiger partial charge in [0.2, 0.25) is 5.91 Å². The predicted molar refractivity (Wildman–Crippen MR) is 76.5 cm³/mol. The number of amides is 1. The first-order valence-electron chi connectivity index (χ1n) is 6.52. The van der Waals surface area contributed by atoms with Crippen molar-refractivity contribution in [2.24, 2.45) is 0 Å². The van der Waals surface area contributed by atoms with Crippen molar-refractivity contribution in [2.75, 3.05) is 31.1 Å².